The van der Waals surface area contributed by atoms with Gasteiger partial charge < -0.3 is 14.6 Å². The van der Waals surface area contributed by atoms with Gasteiger partial charge in [-0.1, -0.05) is 12.1 Å². The van der Waals surface area contributed by atoms with E-state index in [1.807, 2.05) is 19.1 Å². The predicted molar refractivity (Wildman–Crippen MR) is 95.1 cm³/mol. The van der Waals surface area contributed by atoms with Crippen molar-refractivity contribution in [2.45, 2.75) is 19.9 Å². The van der Waals surface area contributed by atoms with Gasteiger partial charge in [0.2, 0.25) is 5.91 Å². The van der Waals surface area contributed by atoms with E-state index in [4.69, 9.17) is 4.42 Å². The summed E-state index contributed by atoms with van der Waals surface area (Å²) in [5.74, 6) is 0.829. The third kappa shape index (κ3) is 4.17. The molecule has 3 rings (SSSR count). The van der Waals surface area contributed by atoms with Crippen LogP contribution in [0.4, 0.5) is 5.69 Å². The van der Waals surface area contributed by atoms with Crippen LogP contribution in [0.3, 0.4) is 0 Å². The molecule has 1 aliphatic rings. The van der Waals surface area contributed by atoms with Crippen LogP contribution in [-0.4, -0.2) is 43.5 Å². The minimum atomic E-state index is -0.0962. The molecule has 0 spiro atoms. The fourth-order valence-corrected chi connectivity index (χ4v) is 3.09. The van der Waals surface area contributed by atoms with Crippen molar-refractivity contribution in [2.75, 3.05) is 37.6 Å². The Bertz CT molecular complexity index is 661. The second-order valence-corrected chi connectivity index (χ2v) is 6.41. The number of amides is 1. The standard InChI is InChI=1S/C19H25N3O2/c1-15-5-3-6-17(13-15)22-10-8-21(9-11-22)14-19(23)20-16(2)18-7-4-12-24-18/h3-7,12-13,16H,8-11,14H2,1-2H3,(H,20,23). The molecule has 1 unspecified atom stereocenters. The molecule has 128 valence electrons. The van der Waals surface area contributed by atoms with Gasteiger partial charge in [-0.15, -0.1) is 0 Å². The summed E-state index contributed by atoms with van der Waals surface area (Å²) in [6.45, 7) is 8.19. The van der Waals surface area contributed by atoms with Crippen LogP contribution in [0.15, 0.2) is 47.1 Å². The Kier molecular flexibility index (Phi) is 5.20. The van der Waals surface area contributed by atoms with Gasteiger partial charge in [-0.25, -0.2) is 0 Å². The van der Waals surface area contributed by atoms with E-state index in [0.29, 0.717) is 6.54 Å². The van der Waals surface area contributed by atoms with Crippen molar-refractivity contribution in [1.82, 2.24) is 10.2 Å². The van der Waals surface area contributed by atoms with E-state index >= 15 is 0 Å². The van der Waals surface area contributed by atoms with E-state index in [0.717, 1.165) is 31.9 Å². The van der Waals surface area contributed by atoms with E-state index < -0.39 is 0 Å². The first-order valence-electron chi connectivity index (χ1n) is 8.48. The Morgan fingerprint density at radius 2 is 2.00 bits per heavy atom. The summed E-state index contributed by atoms with van der Waals surface area (Å²) < 4.78 is 5.32. The third-order valence-electron chi connectivity index (χ3n) is 4.45. The normalized spacial score (nSPS) is 16.8. The minimum absolute atomic E-state index is 0.0444. The smallest absolute Gasteiger partial charge is 0.234 e. The molecule has 5 nitrogen and oxygen atoms in total. The molecule has 0 bridgehead atoms. The lowest BCUT2D eigenvalue weighted by atomic mass is 10.2. The van der Waals surface area contributed by atoms with Crippen LogP contribution >= 0.6 is 0 Å². The van der Waals surface area contributed by atoms with Gasteiger partial charge in [0.05, 0.1) is 18.8 Å². The SMILES string of the molecule is Cc1cccc(N2CCN(CC(=O)NC(C)c3ccco3)CC2)c1. The molecule has 1 N–H and O–H groups in total. The number of aryl methyl sites for hydroxylation is 1. The number of hydrogen-bond acceptors (Lipinski definition) is 4. The number of furan rings is 1. The molecular formula is C19H25N3O2. The van der Waals surface area contributed by atoms with Crippen LogP contribution in [0.25, 0.3) is 0 Å². The average Bonchev–Trinajstić information content (AvgIpc) is 3.10. The highest BCUT2D eigenvalue weighted by Gasteiger charge is 2.20. The summed E-state index contributed by atoms with van der Waals surface area (Å²) in [6, 6.07) is 12.2. The average molecular weight is 327 g/mol. The van der Waals surface area contributed by atoms with Crippen molar-refractivity contribution < 1.29 is 9.21 Å². The van der Waals surface area contributed by atoms with Crippen LogP contribution in [0, 0.1) is 6.92 Å². The molecule has 1 aromatic carbocycles. The number of carbonyl (C=O) groups is 1. The molecule has 5 heteroatoms. The number of rotatable bonds is 5. The summed E-state index contributed by atoms with van der Waals surface area (Å²) in [6.07, 6.45) is 1.63. The third-order valence-corrected chi connectivity index (χ3v) is 4.45. The molecule has 1 fully saturated rings. The molecule has 2 heterocycles. The molecule has 2 aromatic rings. The topological polar surface area (TPSA) is 48.7 Å². The van der Waals surface area contributed by atoms with Gasteiger partial charge in [-0.3, -0.25) is 9.69 Å². The molecule has 1 saturated heterocycles. The molecule has 24 heavy (non-hydrogen) atoms. The summed E-state index contributed by atoms with van der Waals surface area (Å²) >= 11 is 0. The Hall–Kier alpha value is -2.27. The Labute approximate surface area is 143 Å². The highest BCUT2D eigenvalue weighted by molar-refractivity contribution is 5.78. The highest BCUT2D eigenvalue weighted by Crippen LogP contribution is 2.18. The number of nitrogens with zero attached hydrogens (tertiary/aromatic N) is 2. The number of hydrogen-bond donors (Lipinski definition) is 1. The molecule has 1 aromatic heterocycles. The fraction of sp³-hybridized carbons (Fsp3) is 0.421. The first-order chi connectivity index (χ1) is 11.6. The van der Waals surface area contributed by atoms with Crippen molar-refractivity contribution in [1.29, 1.82) is 0 Å². The number of anilines is 1. The van der Waals surface area contributed by atoms with Crippen molar-refractivity contribution in [3.8, 4) is 0 Å². The minimum Gasteiger partial charge on any atom is -0.467 e. The van der Waals surface area contributed by atoms with Gasteiger partial charge in [-0.05, 0) is 43.7 Å². The summed E-state index contributed by atoms with van der Waals surface area (Å²) in [4.78, 5) is 16.8. The number of carbonyl (C=O) groups excluding carboxylic acids is 1. The fourth-order valence-electron chi connectivity index (χ4n) is 3.09. The Morgan fingerprint density at radius 3 is 2.67 bits per heavy atom. The van der Waals surface area contributed by atoms with E-state index in [1.54, 1.807) is 6.26 Å². The number of piperazine rings is 1. The van der Waals surface area contributed by atoms with Crippen molar-refractivity contribution in [2.24, 2.45) is 0 Å². The molecular weight excluding hydrogens is 302 g/mol. The van der Waals surface area contributed by atoms with Crippen molar-refractivity contribution >= 4 is 11.6 Å². The summed E-state index contributed by atoms with van der Waals surface area (Å²) in [5.41, 5.74) is 2.55. The largest absolute Gasteiger partial charge is 0.467 e. The second-order valence-electron chi connectivity index (χ2n) is 6.41. The maximum Gasteiger partial charge on any atom is 0.234 e. The monoisotopic (exact) mass is 327 g/mol. The van der Waals surface area contributed by atoms with Gasteiger partial charge in [0.25, 0.3) is 0 Å². The summed E-state index contributed by atoms with van der Waals surface area (Å²) in [5, 5.41) is 2.99. The maximum atomic E-state index is 12.2. The number of nitrogens with one attached hydrogen (secondary N) is 1. The van der Waals surface area contributed by atoms with Crippen LogP contribution in [0.5, 0.6) is 0 Å². The first-order valence-corrected chi connectivity index (χ1v) is 8.48. The first kappa shape index (κ1) is 16.6. The molecule has 0 aliphatic carbocycles. The summed E-state index contributed by atoms with van der Waals surface area (Å²) in [7, 11) is 0. The van der Waals surface area contributed by atoms with Crippen LogP contribution in [-0.2, 0) is 4.79 Å². The zero-order chi connectivity index (χ0) is 16.9. The van der Waals surface area contributed by atoms with Gasteiger partial charge in [-0.2, -0.15) is 0 Å². The van der Waals surface area contributed by atoms with Gasteiger partial charge in [0.1, 0.15) is 5.76 Å². The van der Waals surface area contributed by atoms with Crippen molar-refractivity contribution in [3.05, 3.63) is 54.0 Å². The van der Waals surface area contributed by atoms with Crippen LogP contribution in [0.2, 0.25) is 0 Å². The van der Waals surface area contributed by atoms with Gasteiger partial charge in [0, 0.05) is 31.9 Å². The van der Waals surface area contributed by atoms with Crippen LogP contribution < -0.4 is 10.2 Å². The molecule has 1 aliphatic heterocycles. The van der Waals surface area contributed by atoms with Crippen molar-refractivity contribution in [3.63, 3.8) is 0 Å². The lowest BCUT2D eigenvalue weighted by Crippen LogP contribution is -2.49. The Balaban J connectivity index is 1.46. The van der Waals surface area contributed by atoms with E-state index in [1.165, 1.54) is 11.3 Å². The van der Waals surface area contributed by atoms with E-state index in [9.17, 15) is 4.79 Å². The molecule has 1 atom stereocenters. The molecule has 1 amide bonds. The zero-order valence-electron chi connectivity index (χ0n) is 14.4. The quantitative estimate of drug-likeness (QED) is 0.917. The highest BCUT2D eigenvalue weighted by atomic mass is 16.3. The van der Waals surface area contributed by atoms with Crippen LogP contribution in [0.1, 0.15) is 24.3 Å². The lowest BCUT2D eigenvalue weighted by molar-refractivity contribution is -0.123. The van der Waals surface area contributed by atoms with Gasteiger partial charge in [0.15, 0.2) is 0 Å². The predicted octanol–water partition coefficient (Wildman–Crippen LogP) is 2.59. The molecule has 0 saturated carbocycles. The van der Waals surface area contributed by atoms with Gasteiger partial charge >= 0.3 is 0 Å². The molecule has 0 radical (unpaired) electrons. The maximum absolute atomic E-state index is 12.2. The second kappa shape index (κ2) is 7.53. The lowest BCUT2D eigenvalue weighted by Gasteiger charge is -2.36. The zero-order valence-corrected chi connectivity index (χ0v) is 14.4. The van der Waals surface area contributed by atoms with E-state index in [-0.39, 0.29) is 11.9 Å². The Morgan fingerprint density at radius 1 is 1.21 bits per heavy atom. The van der Waals surface area contributed by atoms with E-state index in [2.05, 4.69) is 46.3 Å². The number of benzene rings is 1.